The van der Waals surface area contributed by atoms with Crippen LogP contribution in [0.3, 0.4) is 0 Å². The van der Waals surface area contributed by atoms with E-state index >= 15 is 0 Å². The average molecular weight is 590 g/mol. The van der Waals surface area contributed by atoms with Gasteiger partial charge in [-0.15, -0.1) is 0 Å². The number of hydrogen-bond donors (Lipinski definition) is 4. The molecule has 0 bridgehead atoms. The van der Waals surface area contributed by atoms with Crippen molar-refractivity contribution in [3.05, 3.63) is 104 Å². The Balaban J connectivity index is 1.64. The standard InChI is InChI=1S/C28H20Cl4N2O4/c29-19-9-17(10-20(30)27(19)33-23-7-3-1-5-15(23)13-25(35)36)18-11-21(31)28(22(32)12-18)34-24-8-4-2-6-16(24)14-26(37)38/h1-12,33-34H,13-14H2,(H,35,36)(H,37,38). The number of hydrogen-bond acceptors (Lipinski definition) is 4. The molecule has 6 nitrogen and oxygen atoms in total. The fraction of sp³-hybridized carbons (Fsp3) is 0.0714. The number of carboxylic acid groups (broad SMARTS) is 2. The zero-order chi connectivity index (χ0) is 27.4. The van der Waals surface area contributed by atoms with Crippen LogP contribution in [0.15, 0.2) is 72.8 Å². The molecule has 0 amide bonds. The van der Waals surface area contributed by atoms with Crippen molar-refractivity contribution >= 4 is 81.1 Å². The first kappa shape index (κ1) is 27.6. The smallest absolute Gasteiger partial charge is 0.307 e. The summed E-state index contributed by atoms with van der Waals surface area (Å²) >= 11 is 26.3. The van der Waals surface area contributed by atoms with Crippen molar-refractivity contribution in [2.45, 2.75) is 12.8 Å². The van der Waals surface area contributed by atoms with Gasteiger partial charge in [-0.05, 0) is 58.7 Å². The van der Waals surface area contributed by atoms with E-state index in [1.807, 2.05) is 0 Å². The minimum atomic E-state index is -0.955. The fourth-order valence-electron chi connectivity index (χ4n) is 3.91. The van der Waals surface area contributed by atoms with Crippen LogP contribution in [-0.2, 0) is 22.4 Å². The van der Waals surface area contributed by atoms with Crippen LogP contribution in [0.5, 0.6) is 0 Å². The largest absolute Gasteiger partial charge is 0.481 e. The first-order valence-corrected chi connectivity index (χ1v) is 12.8. The normalized spacial score (nSPS) is 10.7. The number of aliphatic carboxylic acids is 2. The summed E-state index contributed by atoms with van der Waals surface area (Å²) in [6.07, 6.45) is -0.316. The average Bonchev–Trinajstić information content (AvgIpc) is 2.84. The third kappa shape index (κ3) is 6.52. The molecule has 0 atom stereocenters. The Labute approximate surface area is 238 Å². The van der Waals surface area contributed by atoms with Gasteiger partial charge in [-0.25, -0.2) is 0 Å². The minimum Gasteiger partial charge on any atom is -0.481 e. The highest BCUT2D eigenvalue weighted by molar-refractivity contribution is 6.41. The van der Waals surface area contributed by atoms with Crippen molar-refractivity contribution < 1.29 is 19.8 Å². The Morgan fingerprint density at radius 2 is 0.895 bits per heavy atom. The lowest BCUT2D eigenvalue weighted by Gasteiger charge is -2.17. The van der Waals surface area contributed by atoms with Gasteiger partial charge >= 0.3 is 11.9 Å². The number of halogens is 4. The minimum absolute atomic E-state index is 0.158. The van der Waals surface area contributed by atoms with Crippen molar-refractivity contribution in [3.63, 3.8) is 0 Å². The highest BCUT2D eigenvalue weighted by atomic mass is 35.5. The van der Waals surface area contributed by atoms with E-state index in [0.29, 0.717) is 65.1 Å². The second-order valence-corrected chi connectivity index (χ2v) is 9.96. The maximum absolute atomic E-state index is 11.2. The van der Waals surface area contributed by atoms with E-state index in [9.17, 15) is 19.8 Å². The summed E-state index contributed by atoms with van der Waals surface area (Å²) in [6.45, 7) is 0. The second kappa shape index (κ2) is 12.0. The van der Waals surface area contributed by atoms with Gasteiger partial charge in [0.1, 0.15) is 0 Å². The predicted molar refractivity (Wildman–Crippen MR) is 154 cm³/mol. The Morgan fingerprint density at radius 3 is 1.21 bits per heavy atom. The molecule has 4 aromatic rings. The topological polar surface area (TPSA) is 98.7 Å². The summed E-state index contributed by atoms with van der Waals surface area (Å²) < 4.78 is 0. The number of carbonyl (C=O) groups is 2. The van der Waals surface area contributed by atoms with E-state index in [1.165, 1.54) is 0 Å². The summed E-state index contributed by atoms with van der Waals surface area (Å²) in [7, 11) is 0. The number of para-hydroxylation sites is 2. The maximum atomic E-state index is 11.2. The van der Waals surface area contributed by atoms with Gasteiger partial charge < -0.3 is 20.8 Å². The van der Waals surface area contributed by atoms with Gasteiger partial charge in [0.15, 0.2) is 0 Å². The second-order valence-electron chi connectivity index (χ2n) is 8.34. The third-order valence-electron chi connectivity index (χ3n) is 5.65. The summed E-state index contributed by atoms with van der Waals surface area (Å²) in [5.74, 6) is -1.91. The highest BCUT2D eigenvalue weighted by Crippen LogP contribution is 2.42. The van der Waals surface area contributed by atoms with Gasteiger partial charge in [0, 0.05) is 11.4 Å². The molecule has 0 heterocycles. The molecule has 0 aliphatic rings. The molecule has 0 saturated carbocycles. The van der Waals surface area contributed by atoms with Gasteiger partial charge in [0.25, 0.3) is 0 Å². The molecule has 4 aromatic carbocycles. The van der Waals surface area contributed by atoms with E-state index in [4.69, 9.17) is 46.4 Å². The Morgan fingerprint density at radius 1 is 0.579 bits per heavy atom. The monoisotopic (exact) mass is 588 g/mol. The number of rotatable bonds is 9. The van der Waals surface area contributed by atoms with Crippen LogP contribution in [0.1, 0.15) is 11.1 Å². The Hall–Kier alpha value is -3.42. The number of anilines is 4. The van der Waals surface area contributed by atoms with Gasteiger partial charge in [0.2, 0.25) is 0 Å². The Bertz CT molecular complexity index is 1380. The molecule has 0 radical (unpaired) electrons. The fourth-order valence-corrected chi connectivity index (χ4v) is 5.07. The van der Waals surface area contributed by atoms with Crippen LogP contribution in [-0.4, -0.2) is 22.2 Å². The first-order chi connectivity index (χ1) is 18.1. The number of benzene rings is 4. The molecular formula is C28H20Cl4N2O4. The van der Waals surface area contributed by atoms with Gasteiger partial charge in [-0.2, -0.15) is 0 Å². The van der Waals surface area contributed by atoms with E-state index < -0.39 is 11.9 Å². The summed E-state index contributed by atoms with van der Waals surface area (Å²) in [5.41, 5.74) is 4.51. The molecule has 0 aliphatic heterocycles. The van der Waals surface area contributed by atoms with Crippen LogP contribution in [0.4, 0.5) is 22.7 Å². The van der Waals surface area contributed by atoms with Crippen molar-refractivity contribution in [1.82, 2.24) is 0 Å². The van der Waals surface area contributed by atoms with Crippen molar-refractivity contribution in [1.29, 1.82) is 0 Å². The molecule has 0 fully saturated rings. The first-order valence-electron chi connectivity index (χ1n) is 11.2. The lowest BCUT2D eigenvalue weighted by molar-refractivity contribution is -0.137. The van der Waals surface area contributed by atoms with E-state index in [2.05, 4.69) is 10.6 Å². The zero-order valence-corrected chi connectivity index (χ0v) is 22.6. The Kier molecular flexibility index (Phi) is 8.69. The molecule has 10 heteroatoms. The van der Waals surface area contributed by atoms with E-state index in [0.717, 1.165) is 0 Å². The molecule has 38 heavy (non-hydrogen) atoms. The molecule has 194 valence electrons. The van der Waals surface area contributed by atoms with Crippen LogP contribution < -0.4 is 10.6 Å². The summed E-state index contributed by atoms with van der Waals surface area (Å²) in [5, 5.41) is 25.9. The predicted octanol–water partition coefficient (Wildman–Crippen LogP) is 8.71. The molecule has 4 N–H and O–H groups in total. The van der Waals surface area contributed by atoms with Crippen LogP contribution in [0.2, 0.25) is 20.1 Å². The molecule has 0 unspecified atom stereocenters. The molecule has 4 rings (SSSR count). The quantitative estimate of drug-likeness (QED) is 0.156. The lowest BCUT2D eigenvalue weighted by Crippen LogP contribution is -2.04. The van der Waals surface area contributed by atoms with Crippen molar-refractivity contribution in [3.8, 4) is 11.1 Å². The van der Waals surface area contributed by atoms with E-state index in [1.54, 1.807) is 72.8 Å². The molecule has 0 spiro atoms. The molecular weight excluding hydrogens is 570 g/mol. The highest BCUT2D eigenvalue weighted by Gasteiger charge is 2.16. The van der Waals surface area contributed by atoms with Crippen LogP contribution >= 0.6 is 46.4 Å². The van der Waals surface area contributed by atoms with Crippen LogP contribution in [0.25, 0.3) is 11.1 Å². The van der Waals surface area contributed by atoms with Gasteiger partial charge in [-0.3, -0.25) is 9.59 Å². The third-order valence-corrected chi connectivity index (χ3v) is 6.85. The maximum Gasteiger partial charge on any atom is 0.307 e. The summed E-state index contributed by atoms with van der Waals surface area (Å²) in [4.78, 5) is 22.4. The van der Waals surface area contributed by atoms with Gasteiger partial charge in [0.05, 0.1) is 44.3 Å². The molecule has 0 saturated heterocycles. The van der Waals surface area contributed by atoms with Gasteiger partial charge in [-0.1, -0.05) is 82.8 Å². The number of nitrogens with one attached hydrogen (secondary N) is 2. The molecule has 0 aromatic heterocycles. The summed E-state index contributed by atoms with van der Waals surface area (Å²) in [6, 6.07) is 20.8. The lowest BCUT2D eigenvalue weighted by atomic mass is 10.0. The van der Waals surface area contributed by atoms with Crippen molar-refractivity contribution in [2.75, 3.05) is 10.6 Å². The molecule has 0 aliphatic carbocycles. The van der Waals surface area contributed by atoms with Crippen molar-refractivity contribution in [2.24, 2.45) is 0 Å². The van der Waals surface area contributed by atoms with Crippen LogP contribution in [0, 0.1) is 0 Å². The zero-order valence-electron chi connectivity index (χ0n) is 19.6. The van der Waals surface area contributed by atoms with E-state index in [-0.39, 0.29) is 12.8 Å². The SMILES string of the molecule is O=C(O)Cc1ccccc1Nc1c(Cl)cc(-c2cc(Cl)c(Nc3ccccc3CC(=O)O)c(Cl)c2)cc1Cl. The number of carboxylic acids is 2.